The van der Waals surface area contributed by atoms with E-state index in [4.69, 9.17) is 0 Å². The molecule has 14 heavy (non-hydrogen) atoms. The van der Waals surface area contributed by atoms with Gasteiger partial charge in [0.2, 0.25) is 0 Å². The molecule has 1 aliphatic heterocycles. The fourth-order valence-corrected chi connectivity index (χ4v) is 2.42. The van der Waals surface area contributed by atoms with Crippen LogP contribution in [0.1, 0.15) is 32.1 Å². The molecule has 0 bridgehead atoms. The monoisotopic (exact) mass is 193 g/mol. The molecule has 1 unspecified atom stereocenters. The number of allylic oxidation sites excluding steroid dienone is 2. The molecule has 1 heterocycles. The highest BCUT2D eigenvalue weighted by Crippen LogP contribution is 2.24. The van der Waals surface area contributed by atoms with E-state index >= 15 is 0 Å². The fourth-order valence-electron chi connectivity index (χ4n) is 2.42. The van der Waals surface area contributed by atoms with Crippen molar-refractivity contribution in [2.45, 2.75) is 32.1 Å². The zero-order chi connectivity index (χ0) is 9.80. The van der Waals surface area contributed by atoms with Crippen molar-refractivity contribution in [3.63, 3.8) is 0 Å². The SMILES string of the molecule is O=C(CC1CC=CCC1)[C@H]1CCNC1. The van der Waals surface area contributed by atoms with E-state index in [0.717, 1.165) is 32.4 Å². The van der Waals surface area contributed by atoms with E-state index in [0.29, 0.717) is 17.6 Å². The van der Waals surface area contributed by atoms with Gasteiger partial charge in [0, 0.05) is 18.9 Å². The lowest BCUT2D eigenvalue weighted by atomic mass is 9.86. The maximum absolute atomic E-state index is 11.8. The minimum atomic E-state index is 0.320. The van der Waals surface area contributed by atoms with Crippen LogP contribution >= 0.6 is 0 Å². The second-order valence-corrected chi connectivity index (χ2v) is 4.51. The maximum atomic E-state index is 11.8. The number of carbonyl (C=O) groups excluding carboxylic acids is 1. The number of Topliss-reactive ketones (excluding diaryl/α,β-unsaturated/α-hetero) is 1. The van der Waals surface area contributed by atoms with Crippen molar-refractivity contribution in [2.75, 3.05) is 13.1 Å². The van der Waals surface area contributed by atoms with Gasteiger partial charge in [0.25, 0.3) is 0 Å². The quantitative estimate of drug-likeness (QED) is 0.694. The van der Waals surface area contributed by atoms with Gasteiger partial charge in [0.05, 0.1) is 0 Å². The Balaban J connectivity index is 1.78. The Morgan fingerprint density at radius 2 is 2.29 bits per heavy atom. The topological polar surface area (TPSA) is 29.1 Å². The van der Waals surface area contributed by atoms with Crippen molar-refractivity contribution in [3.8, 4) is 0 Å². The number of carbonyl (C=O) groups is 1. The second-order valence-electron chi connectivity index (χ2n) is 4.51. The van der Waals surface area contributed by atoms with Crippen LogP contribution in [0.15, 0.2) is 12.2 Å². The zero-order valence-corrected chi connectivity index (χ0v) is 8.67. The van der Waals surface area contributed by atoms with Crippen LogP contribution in [0.3, 0.4) is 0 Å². The van der Waals surface area contributed by atoms with Crippen LogP contribution in [0.5, 0.6) is 0 Å². The molecular weight excluding hydrogens is 174 g/mol. The van der Waals surface area contributed by atoms with Crippen molar-refractivity contribution >= 4 is 5.78 Å². The lowest BCUT2D eigenvalue weighted by Gasteiger charge is -2.18. The molecule has 0 amide bonds. The van der Waals surface area contributed by atoms with E-state index in [1.165, 1.54) is 12.8 Å². The summed E-state index contributed by atoms with van der Waals surface area (Å²) >= 11 is 0. The standard InChI is InChI=1S/C12H19NO/c14-12(11-6-7-13-9-11)8-10-4-2-1-3-5-10/h1-2,10-11,13H,3-9H2/t10?,11-/m0/s1. The summed E-state index contributed by atoms with van der Waals surface area (Å²) in [4.78, 5) is 11.8. The van der Waals surface area contributed by atoms with Gasteiger partial charge in [-0.3, -0.25) is 4.79 Å². The summed E-state index contributed by atoms with van der Waals surface area (Å²) in [7, 11) is 0. The summed E-state index contributed by atoms with van der Waals surface area (Å²) in [6, 6.07) is 0. The van der Waals surface area contributed by atoms with Crippen molar-refractivity contribution in [1.82, 2.24) is 5.32 Å². The lowest BCUT2D eigenvalue weighted by molar-refractivity contribution is -0.123. The highest BCUT2D eigenvalue weighted by atomic mass is 16.1. The summed E-state index contributed by atoms with van der Waals surface area (Å²) < 4.78 is 0. The molecule has 0 aromatic rings. The number of nitrogens with one attached hydrogen (secondary N) is 1. The van der Waals surface area contributed by atoms with Gasteiger partial charge in [-0.15, -0.1) is 0 Å². The number of hydrogen-bond donors (Lipinski definition) is 1. The number of rotatable bonds is 3. The molecule has 2 aliphatic rings. The molecule has 0 saturated carbocycles. The third-order valence-electron chi connectivity index (χ3n) is 3.38. The van der Waals surface area contributed by atoms with Crippen LogP contribution in [0.4, 0.5) is 0 Å². The maximum Gasteiger partial charge on any atom is 0.137 e. The molecule has 2 rings (SSSR count). The first-order chi connectivity index (χ1) is 6.86. The van der Waals surface area contributed by atoms with Gasteiger partial charge in [-0.1, -0.05) is 12.2 Å². The largest absolute Gasteiger partial charge is 0.316 e. The molecule has 1 aliphatic carbocycles. The lowest BCUT2D eigenvalue weighted by Crippen LogP contribution is -2.20. The predicted octanol–water partition coefficient (Wildman–Crippen LogP) is 1.91. The molecule has 1 fully saturated rings. The Morgan fingerprint density at radius 3 is 2.93 bits per heavy atom. The molecule has 0 aromatic heterocycles. The van der Waals surface area contributed by atoms with Gasteiger partial charge in [0.1, 0.15) is 5.78 Å². The summed E-state index contributed by atoms with van der Waals surface area (Å²) in [5.41, 5.74) is 0. The van der Waals surface area contributed by atoms with Gasteiger partial charge < -0.3 is 5.32 Å². The normalized spacial score (nSPS) is 32.0. The fraction of sp³-hybridized carbons (Fsp3) is 0.750. The average molecular weight is 193 g/mol. The summed E-state index contributed by atoms with van der Waals surface area (Å²) in [5.74, 6) is 1.45. The molecule has 2 heteroatoms. The minimum Gasteiger partial charge on any atom is -0.316 e. The van der Waals surface area contributed by atoms with Crippen molar-refractivity contribution in [3.05, 3.63) is 12.2 Å². The molecule has 2 nitrogen and oxygen atoms in total. The molecule has 1 saturated heterocycles. The highest BCUT2D eigenvalue weighted by molar-refractivity contribution is 5.81. The summed E-state index contributed by atoms with van der Waals surface area (Å²) in [6.45, 7) is 1.95. The van der Waals surface area contributed by atoms with Gasteiger partial charge >= 0.3 is 0 Å². The third kappa shape index (κ3) is 2.44. The van der Waals surface area contributed by atoms with Crippen LogP contribution < -0.4 is 5.32 Å². The van der Waals surface area contributed by atoms with Crippen LogP contribution in [0.2, 0.25) is 0 Å². The van der Waals surface area contributed by atoms with Crippen molar-refractivity contribution < 1.29 is 4.79 Å². The van der Waals surface area contributed by atoms with Gasteiger partial charge in [-0.2, -0.15) is 0 Å². The average Bonchev–Trinajstić information content (AvgIpc) is 2.72. The first-order valence-electron chi connectivity index (χ1n) is 5.74. The molecular formula is C12H19NO. The number of hydrogen-bond acceptors (Lipinski definition) is 2. The molecule has 78 valence electrons. The molecule has 0 aromatic carbocycles. The van der Waals surface area contributed by atoms with E-state index in [9.17, 15) is 4.79 Å². The van der Waals surface area contributed by atoms with E-state index in [-0.39, 0.29) is 0 Å². The van der Waals surface area contributed by atoms with Crippen LogP contribution in [0.25, 0.3) is 0 Å². The molecule has 0 radical (unpaired) electrons. The van der Waals surface area contributed by atoms with E-state index in [1.54, 1.807) is 0 Å². The molecule has 0 spiro atoms. The van der Waals surface area contributed by atoms with Crippen LogP contribution in [-0.4, -0.2) is 18.9 Å². The van der Waals surface area contributed by atoms with Crippen molar-refractivity contribution in [2.24, 2.45) is 11.8 Å². The second kappa shape index (κ2) is 4.74. The highest BCUT2D eigenvalue weighted by Gasteiger charge is 2.24. The minimum absolute atomic E-state index is 0.320. The molecule has 2 atom stereocenters. The zero-order valence-electron chi connectivity index (χ0n) is 8.67. The molecule has 1 N–H and O–H groups in total. The first-order valence-corrected chi connectivity index (χ1v) is 5.74. The van der Waals surface area contributed by atoms with E-state index in [2.05, 4.69) is 17.5 Å². The van der Waals surface area contributed by atoms with Crippen LogP contribution in [-0.2, 0) is 4.79 Å². The summed E-state index contributed by atoms with van der Waals surface area (Å²) in [5, 5.41) is 3.26. The first kappa shape index (κ1) is 9.91. The van der Waals surface area contributed by atoms with Gasteiger partial charge in [-0.25, -0.2) is 0 Å². The Labute approximate surface area is 85.8 Å². The Hall–Kier alpha value is -0.630. The van der Waals surface area contributed by atoms with E-state index in [1.807, 2.05) is 0 Å². The third-order valence-corrected chi connectivity index (χ3v) is 3.38. The predicted molar refractivity (Wildman–Crippen MR) is 57.1 cm³/mol. The van der Waals surface area contributed by atoms with E-state index < -0.39 is 0 Å². The van der Waals surface area contributed by atoms with Gasteiger partial charge in [-0.05, 0) is 38.1 Å². The summed E-state index contributed by atoms with van der Waals surface area (Å²) in [6.07, 6.45) is 9.83. The Morgan fingerprint density at radius 1 is 1.36 bits per heavy atom. The smallest absolute Gasteiger partial charge is 0.137 e. The number of ketones is 1. The van der Waals surface area contributed by atoms with Crippen LogP contribution in [0, 0.1) is 11.8 Å². The van der Waals surface area contributed by atoms with Gasteiger partial charge in [0.15, 0.2) is 0 Å². The van der Waals surface area contributed by atoms with Crippen molar-refractivity contribution in [1.29, 1.82) is 0 Å². The Kier molecular flexibility index (Phi) is 3.35. The Bertz CT molecular complexity index is 228.